The molecule has 2 saturated heterocycles. The fourth-order valence-electron chi connectivity index (χ4n) is 10.1. The Morgan fingerprint density at radius 3 is 1.50 bits per heavy atom. The van der Waals surface area contributed by atoms with Crippen LogP contribution in [0.5, 0.6) is 0 Å². The first kappa shape index (κ1) is 34.9. The molecule has 4 fully saturated rings. The van der Waals surface area contributed by atoms with Crippen LogP contribution in [0.25, 0.3) is 44.3 Å². The molecule has 0 radical (unpaired) electrons. The average molecular weight is 732 g/mol. The predicted octanol–water partition coefficient (Wildman–Crippen LogP) is 9.81. The standard InChI is InChI=1S/C43H53N7O4/c1-42(2,3)53-40(51)49-32-12-8-10-26(32)20-36(49)38-44-22-30(46-38)24-14-16-28-29-17-15-25(19-35(29)48(7)34(28)18-24)31-23-45-39(47-31)37-21-27-11-9-13-33(27)50(37)41(52)54-43(4,5)6/h14-19,22-23,26-27,32-33,36-37H,8-13,20-21H2,1-7H3,(H,44,46)(H,45,47)/t26-,27+,32-,33+,36-,37-/m0/s1. The Hall–Kier alpha value is -4.80. The molecular formula is C43H53N7O4. The number of nitrogens with zero attached hydrogens (tertiary/aromatic N) is 5. The van der Waals surface area contributed by atoms with Crippen LogP contribution >= 0.6 is 0 Å². The minimum absolute atomic E-state index is 0.125. The average Bonchev–Trinajstić information content (AvgIpc) is 3.94. The van der Waals surface area contributed by atoms with Crippen LogP contribution in [0.3, 0.4) is 0 Å². The molecule has 4 aliphatic rings. The lowest BCUT2D eigenvalue weighted by atomic mass is 10.0. The number of likely N-dealkylation sites (tertiary alicyclic amines) is 2. The third kappa shape index (κ3) is 6.04. The highest BCUT2D eigenvalue weighted by Gasteiger charge is 2.50. The second-order valence-corrected chi connectivity index (χ2v) is 18.2. The van der Waals surface area contributed by atoms with Crippen molar-refractivity contribution in [3.05, 3.63) is 60.4 Å². The molecule has 3 aromatic heterocycles. The van der Waals surface area contributed by atoms with Crippen molar-refractivity contribution in [3.63, 3.8) is 0 Å². The molecule has 5 heterocycles. The Kier molecular flexibility index (Phi) is 8.17. The number of amides is 2. The van der Waals surface area contributed by atoms with Crippen LogP contribution in [0.4, 0.5) is 9.59 Å². The number of aromatic nitrogens is 5. The van der Waals surface area contributed by atoms with E-state index in [1.807, 2.05) is 63.7 Å². The monoisotopic (exact) mass is 731 g/mol. The van der Waals surface area contributed by atoms with Crippen molar-refractivity contribution in [2.75, 3.05) is 0 Å². The number of rotatable bonds is 4. The van der Waals surface area contributed by atoms with Gasteiger partial charge in [-0.2, -0.15) is 0 Å². The summed E-state index contributed by atoms with van der Waals surface area (Å²) in [5.41, 5.74) is 5.09. The van der Waals surface area contributed by atoms with E-state index in [-0.39, 0.29) is 36.4 Å². The third-order valence-electron chi connectivity index (χ3n) is 12.3. The van der Waals surface area contributed by atoms with Crippen LogP contribution in [0, 0.1) is 11.8 Å². The minimum Gasteiger partial charge on any atom is -0.444 e. The maximum atomic E-state index is 13.5. The number of hydrogen-bond acceptors (Lipinski definition) is 6. The molecule has 0 spiro atoms. The van der Waals surface area contributed by atoms with Gasteiger partial charge in [0.25, 0.3) is 0 Å². The molecular weight excluding hydrogens is 679 g/mol. The Bertz CT molecular complexity index is 2100. The fraction of sp³-hybridized carbons (Fsp3) is 0.535. The number of nitrogens with one attached hydrogen (secondary N) is 2. The van der Waals surface area contributed by atoms with Gasteiger partial charge >= 0.3 is 12.2 Å². The van der Waals surface area contributed by atoms with E-state index in [9.17, 15) is 9.59 Å². The van der Waals surface area contributed by atoms with Gasteiger partial charge in [-0.25, -0.2) is 19.6 Å². The second-order valence-electron chi connectivity index (χ2n) is 18.2. The van der Waals surface area contributed by atoms with E-state index in [2.05, 4.69) is 58.0 Å². The summed E-state index contributed by atoms with van der Waals surface area (Å²) in [7, 11) is 2.11. The van der Waals surface area contributed by atoms with E-state index in [4.69, 9.17) is 19.4 Å². The van der Waals surface area contributed by atoms with Gasteiger partial charge in [-0.3, -0.25) is 9.80 Å². The lowest BCUT2D eigenvalue weighted by molar-refractivity contribution is 0.0120. The summed E-state index contributed by atoms with van der Waals surface area (Å²) in [6, 6.07) is 13.3. The molecule has 2 aliphatic carbocycles. The van der Waals surface area contributed by atoms with E-state index >= 15 is 0 Å². The summed E-state index contributed by atoms with van der Waals surface area (Å²) in [5, 5.41) is 2.36. The van der Waals surface area contributed by atoms with Crippen LogP contribution in [0.1, 0.15) is 117 Å². The molecule has 5 aromatic rings. The predicted molar refractivity (Wildman–Crippen MR) is 209 cm³/mol. The lowest BCUT2D eigenvalue weighted by Gasteiger charge is -2.31. The van der Waals surface area contributed by atoms with Gasteiger partial charge < -0.3 is 24.0 Å². The van der Waals surface area contributed by atoms with Gasteiger partial charge in [0, 0.05) is 52.1 Å². The zero-order valence-corrected chi connectivity index (χ0v) is 32.6. The summed E-state index contributed by atoms with van der Waals surface area (Å²) < 4.78 is 14.0. The molecule has 11 heteroatoms. The van der Waals surface area contributed by atoms with Crippen LogP contribution in [0.2, 0.25) is 0 Å². The maximum Gasteiger partial charge on any atom is 0.411 e. The van der Waals surface area contributed by atoms with E-state index in [0.717, 1.165) is 96.6 Å². The Morgan fingerprint density at radius 1 is 0.667 bits per heavy atom. The molecule has 6 atom stereocenters. The van der Waals surface area contributed by atoms with E-state index < -0.39 is 11.2 Å². The Labute approximate surface area is 316 Å². The van der Waals surface area contributed by atoms with Gasteiger partial charge in [-0.1, -0.05) is 37.1 Å². The molecule has 2 amide bonds. The number of ether oxygens (including phenoxy) is 2. The normalized spacial score (nSPS) is 25.5. The number of aromatic amines is 2. The number of benzene rings is 2. The van der Waals surface area contributed by atoms with E-state index in [1.54, 1.807) is 0 Å². The minimum atomic E-state index is -0.553. The van der Waals surface area contributed by atoms with Crippen LogP contribution in [-0.4, -0.2) is 69.8 Å². The zero-order chi connectivity index (χ0) is 37.7. The van der Waals surface area contributed by atoms with Crippen molar-refractivity contribution >= 4 is 34.0 Å². The van der Waals surface area contributed by atoms with Gasteiger partial charge in [-0.05, 0) is 104 Å². The molecule has 0 bridgehead atoms. The highest BCUT2D eigenvalue weighted by molar-refractivity contribution is 6.09. The molecule has 54 heavy (non-hydrogen) atoms. The van der Waals surface area contributed by atoms with Crippen molar-refractivity contribution in [2.24, 2.45) is 18.9 Å². The van der Waals surface area contributed by atoms with Crippen LogP contribution in [0.15, 0.2) is 48.8 Å². The van der Waals surface area contributed by atoms with Crippen molar-refractivity contribution in [1.82, 2.24) is 34.3 Å². The zero-order valence-electron chi connectivity index (χ0n) is 32.6. The van der Waals surface area contributed by atoms with E-state index in [1.165, 1.54) is 10.8 Å². The molecule has 0 unspecified atom stereocenters. The number of hydrogen-bond donors (Lipinski definition) is 2. The van der Waals surface area contributed by atoms with Crippen molar-refractivity contribution in [1.29, 1.82) is 0 Å². The van der Waals surface area contributed by atoms with Crippen LogP contribution in [-0.2, 0) is 16.5 Å². The third-order valence-corrected chi connectivity index (χ3v) is 12.3. The molecule has 2 N–H and O–H groups in total. The molecule has 2 saturated carbocycles. The smallest absolute Gasteiger partial charge is 0.411 e. The van der Waals surface area contributed by atoms with Gasteiger partial charge in [0.05, 0.1) is 35.9 Å². The highest BCUT2D eigenvalue weighted by Crippen LogP contribution is 2.49. The Morgan fingerprint density at radius 2 is 1.09 bits per heavy atom. The first-order valence-corrected chi connectivity index (χ1v) is 19.9. The summed E-state index contributed by atoms with van der Waals surface area (Å²) in [5.74, 6) is 2.61. The molecule has 9 rings (SSSR count). The largest absolute Gasteiger partial charge is 0.444 e. The van der Waals surface area contributed by atoms with Crippen molar-refractivity contribution in [2.45, 2.75) is 128 Å². The molecule has 11 nitrogen and oxygen atoms in total. The van der Waals surface area contributed by atoms with Gasteiger partial charge in [0.2, 0.25) is 0 Å². The second kappa shape index (κ2) is 12.6. The van der Waals surface area contributed by atoms with E-state index in [0.29, 0.717) is 11.8 Å². The summed E-state index contributed by atoms with van der Waals surface area (Å²) >= 11 is 0. The quantitative estimate of drug-likeness (QED) is 0.190. The first-order chi connectivity index (χ1) is 25.7. The number of H-pyrrole nitrogens is 2. The van der Waals surface area contributed by atoms with Crippen molar-refractivity contribution in [3.8, 4) is 22.5 Å². The topological polar surface area (TPSA) is 121 Å². The van der Waals surface area contributed by atoms with Crippen LogP contribution < -0.4 is 0 Å². The number of carbonyl (C=O) groups is 2. The van der Waals surface area contributed by atoms with Crippen molar-refractivity contribution < 1.29 is 19.1 Å². The van der Waals surface area contributed by atoms with Gasteiger partial charge in [0.1, 0.15) is 22.9 Å². The number of imidazole rings is 2. The number of aryl methyl sites for hydroxylation is 1. The lowest BCUT2D eigenvalue weighted by Crippen LogP contribution is -2.41. The SMILES string of the molecule is Cn1c2cc(-c3cnc([C@@H]4C[C@H]5CCC[C@H]5N4C(=O)OC(C)(C)C)[nH]3)ccc2c2ccc(-c3cnc([C@@H]4C[C@@H]5CCC[C@@H]5N4C(=O)OC(C)(C)C)[nH]3)cc21. The number of fused-ring (bicyclic) bond motifs is 5. The Balaban J connectivity index is 0.986. The number of carbonyl (C=O) groups excluding carboxylic acids is 2. The summed E-state index contributed by atoms with van der Waals surface area (Å²) in [6.45, 7) is 11.5. The highest BCUT2D eigenvalue weighted by atomic mass is 16.6. The maximum absolute atomic E-state index is 13.5. The van der Waals surface area contributed by atoms with Gasteiger partial charge in [-0.15, -0.1) is 0 Å². The molecule has 2 aliphatic heterocycles. The fourth-order valence-corrected chi connectivity index (χ4v) is 10.1. The van der Waals surface area contributed by atoms with Gasteiger partial charge in [0.15, 0.2) is 0 Å². The summed E-state index contributed by atoms with van der Waals surface area (Å²) in [4.78, 5) is 47.8. The molecule has 284 valence electrons. The summed E-state index contributed by atoms with van der Waals surface area (Å²) in [6.07, 6.45) is 11.7. The molecule has 2 aromatic carbocycles. The first-order valence-electron chi connectivity index (χ1n) is 19.9.